The fourth-order valence-corrected chi connectivity index (χ4v) is 4.29. The highest BCUT2D eigenvalue weighted by molar-refractivity contribution is 6.30. The summed E-state index contributed by atoms with van der Waals surface area (Å²) in [4.78, 5) is 34.4. The summed E-state index contributed by atoms with van der Waals surface area (Å²) in [5.41, 5.74) is 0.935. The van der Waals surface area contributed by atoms with Crippen molar-refractivity contribution in [1.29, 1.82) is 0 Å². The molecule has 1 aliphatic rings. The first kappa shape index (κ1) is 23.1. The lowest BCUT2D eigenvalue weighted by atomic mass is 10.0. The molecule has 2 amide bonds. The molecule has 0 bridgehead atoms. The van der Waals surface area contributed by atoms with E-state index in [2.05, 4.69) is 21.3 Å². The Kier molecular flexibility index (Phi) is 7.14. The van der Waals surface area contributed by atoms with E-state index in [1.165, 1.54) is 0 Å². The highest BCUT2D eigenvalue weighted by atomic mass is 35.5. The van der Waals surface area contributed by atoms with E-state index < -0.39 is 6.04 Å². The van der Waals surface area contributed by atoms with Gasteiger partial charge in [0.1, 0.15) is 11.9 Å². The third-order valence-electron chi connectivity index (χ3n) is 6.05. The number of fused-ring (bicyclic) bond motifs is 1. The van der Waals surface area contributed by atoms with Gasteiger partial charge >= 0.3 is 0 Å². The summed E-state index contributed by atoms with van der Waals surface area (Å²) < 4.78 is 0. The topological polar surface area (TPSA) is 65.5 Å². The van der Waals surface area contributed by atoms with E-state index in [4.69, 9.17) is 11.6 Å². The SMILES string of the molecule is CC(C)C(NC(=O)Cc1ccc2ccccc2c1)C(=O)N1CCN(c2ccc(Cl)cn2)CC1. The molecule has 0 saturated carbocycles. The minimum absolute atomic E-state index is 0.00554. The molecule has 0 radical (unpaired) electrons. The van der Waals surface area contributed by atoms with Gasteiger partial charge in [-0.3, -0.25) is 9.59 Å². The number of amides is 2. The number of nitrogens with one attached hydrogen (secondary N) is 1. The summed E-state index contributed by atoms with van der Waals surface area (Å²) in [6.07, 6.45) is 1.88. The number of carbonyl (C=O) groups excluding carboxylic acids is 2. The minimum atomic E-state index is -0.543. The molecule has 7 heteroatoms. The number of aromatic nitrogens is 1. The van der Waals surface area contributed by atoms with Gasteiger partial charge < -0.3 is 15.1 Å². The molecule has 1 aromatic heterocycles. The van der Waals surface area contributed by atoms with Crippen LogP contribution >= 0.6 is 11.6 Å². The van der Waals surface area contributed by atoms with Crippen molar-refractivity contribution < 1.29 is 9.59 Å². The molecule has 1 saturated heterocycles. The van der Waals surface area contributed by atoms with Crippen LogP contribution in [0.5, 0.6) is 0 Å². The number of rotatable bonds is 6. The summed E-state index contributed by atoms with van der Waals surface area (Å²) in [7, 11) is 0. The maximum absolute atomic E-state index is 13.2. The van der Waals surface area contributed by atoms with Crippen molar-refractivity contribution in [3.05, 3.63) is 71.4 Å². The zero-order valence-electron chi connectivity index (χ0n) is 19.0. The van der Waals surface area contributed by atoms with Crippen molar-refractivity contribution in [2.24, 2.45) is 5.92 Å². The Bertz CT molecular complexity index is 1120. The lowest BCUT2D eigenvalue weighted by molar-refractivity contribution is -0.137. The Labute approximate surface area is 199 Å². The smallest absolute Gasteiger partial charge is 0.245 e. The van der Waals surface area contributed by atoms with Gasteiger partial charge in [-0.15, -0.1) is 0 Å². The van der Waals surface area contributed by atoms with E-state index in [1.54, 1.807) is 6.20 Å². The third kappa shape index (κ3) is 5.63. The summed E-state index contributed by atoms with van der Waals surface area (Å²) in [6.45, 7) is 6.49. The fraction of sp³-hybridized carbons (Fsp3) is 0.346. The Hall–Kier alpha value is -3.12. The molecule has 2 aromatic carbocycles. The first-order valence-electron chi connectivity index (χ1n) is 11.3. The molecule has 2 heterocycles. The molecule has 4 rings (SSSR count). The molecule has 1 atom stereocenters. The van der Waals surface area contributed by atoms with Crippen LogP contribution in [0.1, 0.15) is 19.4 Å². The number of hydrogen-bond acceptors (Lipinski definition) is 4. The molecule has 1 aliphatic heterocycles. The van der Waals surface area contributed by atoms with Crippen molar-refractivity contribution >= 4 is 40.0 Å². The average molecular weight is 465 g/mol. The molecule has 33 heavy (non-hydrogen) atoms. The molecule has 1 N–H and O–H groups in total. The minimum Gasteiger partial charge on any atom is -0.353 e. The second-order valence-corrected chi connectivity index (χ2v) is 9.23. The van der Waals surface area contributed by atoms with Crippen molar-refractivity contribution in [1.82, 2.24) is 15.2 Å². The second kappa shape index (κ2) is 10.2. The Morgan fingerprint density at radius 1 is 1.00 bits per heavy atom. The molecular weight excluding hydrogens is 436 g/mol. The summed E-state index contributed by atoms with van der Waals surface area (Å²) >= 11 is 5.93. The number of benzene rings is 2. The third-order valence-corrected chi connectivity index (χ3v) is 6.28. The zero-order chi connectivity index (χ0) is 23.4. The number of carbonyl (C=O) groups is 2. The van der Waals surface area contributed by atoms with Gasteiger partial charge in [-0.05, 0) is 34.4 Å². The largest absolute Gasteiger partial charge is 0.353 e. The van der Waals surface area contributed by atoms with Gasteiger partial charge in [0.2, 0.25) is 11.8 Å². The van der Waals surface area contributed by atoms with E-state index in [-0.39, 0.29) is 24.2 Å². The first-order chi connectivity index (χ1) is 15.9. The van der Waals surface area contributed by atoms with Crippen LogP contribution in [0.4, 0.5) is 5.82 Å². The molecule has 0 spiro atoms. The standard InChI is InChI=1S/C26H29ClN4O2/c1-18(2)25(29-24(32)16-19-7-8-20-5-3-4-6-21(20)15-19)26(33)31-13-11-30(12-14-31)23-10-9-22(27)17-28-23/h3-10,15,17-18,25H,11-14,16H2,1-2H3,(H,29,32). The van der Waals surface area contributed by atoms with Gasteiger partial charge in [-0.25, -0.2) is 4.98 Å². The van der Waals surface area contributed by atoms with Gasteiger partial charge in [0.25, 0.3) is 0 Å². The van der Waals surface area contributed by atoms with E-state index in [1.807, 2.05) is 67.3 Å². The maximum atomic E-state index is 13.2. The van der Waals surface area contributed by atoms with Crippen LogP contribution in [-0.2, 0) is 16.0 Å². The van der Waals surface area contributed by atoms with E-state index >= 15 is 0 Å². The predicted molar refractivity (Wildman–Crippen MR) is 132 cm³/mol. The van der Waals surface area contributed by atoms with Crippen LogP contribution < -0.4 is 10.2 Å². The summed E-state index contributed by atoms with van der Waals surface area (Å²) in [6, 6.07) is 17.3. The zero-order valence-corrected chi connectivity index (χ0v) is 19.8. The number of anilines is 1. The lowest BCUT2D eigenvalue weighted by Gasteiger charge is -2.37. The monoisotopic (exact) mass is 464 g/mol. The number of piperazine rings is 1. The maximum Gasteiger partial charge on any atom is 0.245 e. The Morgan fingerprint density at radius 3 is 2.39 bits per heavy atom. The van der Waals surface area contributed by atoms with E-state index in [0.29, 0.717) is 31.2 Å². The van der Waals surface area contributed by atoms with Crippen molar-refractivity contribution in [3.8, 4) is 0 Å². The van der Waals surface area contributed by atoms with Crippen LogP contribution in [-0.4, -0.2) is 53.9 Å². The number of pyridine rings is 1. The molecule has 3 aromatic rings. The number of nitrogens with zero attached hydrogens (tertiary/aromatic N) is 3. The Morgan fingerprint density at radius 2 is 1.73 bits per heavy atom. The highest BCUT2D eigenvalue weighted by Crippen LogP contribution is 2.18. The molecule has 1 fully saturated rings. The Balaban J connectivity index is 1.35. The molecular formula is C26H29ClN4O2. The molecule has 0 aliphatic carbocycles. The molecule has 1 unspecified atom stereocenters. The summed E-state index contributed by atoms with van der Waals surface area (Å²) in [5.74, 6) is 0.687. The summed E-state index contributed by atoms with van der Waals surface area (Å²) in [5, 5.41) is 5.84. The highest BCUT2D eigenvalue weighted by Gasteiger charge is 2.31. The van der Waals surface area contributed by atoms with Gasteiger partial charge in [0.15, 0.2) is 0 Å². The normalized spacial score (nSPS) is 15.0. The van der Waals surface area contributed by atoms with Gasteiger partial charge in [0, 0.05) is 32.4 Å². The van der Waals surface area contributed by atoms with E-state index in [9.17, 15) is 9.59 Å². The van der Waals surface area contributed by atoms with E-state index in [0.717, 1.165) is 22.2 Å². The van der Waals surface area contributed by atoms with Crippen LogP contribution in [0.25, 0.3) is 10.8 Å². The van der Waals surface area contributed by atoms with Crippen molar-refractivity contribution in [2.75, 3.05) is 31.1 Å². The predicted octanol–water partition coefficient (Wildman–Crippen LogP) is 3.92. The average Bonchev–Trinajstić information content (AvgIpc) is 2.82. The van der Waals surface area contributed by atoms with Gasteiger partial charge in [0.05, 0.1) is 11.4 Å². The number of hydrogen-bond donors (Lipinski definition) is 1. The van der Waals surface area contributed by atoms with Crippen LogP contribution in [0, 0.1) is 5.92 Å². The van der Waals surface area contributed by atoms with Gasteiger partial charge in [-0.2, -0.15) is 0 Å². The van der Waals surface area contributed by atoms with Crippen LogP contribution in [0.2, 0.25) is 5.02 Å². The molecule has 172 valence electrons. The van der Waals surface area contributed by atoms with Crippen LogP contribution in [0.15, 0.2) is 60.8 Å². The molecule has 6 nitrogen and oxygen atoms in total. The van der Waals surface area contributed by atoms with Crippen molar-refractivity contribution in [2.45, 2.75) is 26.3 Å². The fourth-order valence-electron chi connectivity index (χ4n) is 4.18. The second-order valence-electron chi connectivity index (χ2n) is 8.79. The van der Waals surface area contributed by atoms with Gasteiger partial charge in [-0.1, -0.05) is 67.9 Å². The van der Waals surface area contributed by atoms with Crippen molar-refractivity contribution in [3.63, 3.8) is 0 Å². The first-order valence-corrected chi connectivity index (χ1v) is 11.7. The number of halogens is 1. The lowest BCUT2D eigenvalue weighted by Crippen LogP contribution is -2.56. The van der Waals surface area contributed by atoms with Crippen LogP contribution in [0.3, 0.4) is 0 Å². The quantitative estimate of drug-likeness (QED) is 0.600.